The van der Waals surface area contributed by atoms with Crippen LogP contribution in [0.2, 0.25) is 0 Å². The van der Waals surface area contributed by atoms with E-state index in [1.54, 1.807) is 0 Å². The van der Waals surface area contributed by atoms with Crippen LogP contribution in [0.5, 0.6) is 0 Å². The summed E-state index contributed by atoms with van der Waals surface area (Å²) in [6.07, 6.45) is 3.52. The van der Waals surface area contributed by atoms with Gasteiger partial charge in [0.05, 0.1) is 12.7 Å². The molecule has 1 aliphatic rings. The lowest BCUT2D eigenvalue weighted by molar-refractivity contribution is -0.121. The predicted molar refractivity (Wildman–Crippen MR) is 63.7 cm³/mol. The van der Waals surface area contributed by atoms with E-state index in [4.69, 9.17) is 16.2 Å². The van der Waals surface area contributed by atoms with E-state index < -0.39 is 11.9 Å². The second-order valence-corrected chi connectivity index (χ2v) is 5.88. The third-order valence-corrected chi connectivity index (χ3v) is 3.22. The van der Waals surface area contributed by atoms with E-state index in [0.29, 0.717) is 11.3 Å². The minimum Gasteiger partial charge on any atom is -0.376 e. The lowest BCUT2D eigenvalue weighted by Crippen LogP contribution is -2.42. The van der Waals surface area contributed by atoms with Crippen LogP contribution in [0.25, 0.3) is 0 Å². The van der Waals surface area contributed by atoms with Gasteiger partial charge in [0, 0.05) is 0 Å². The molecule has 16 heavy (non-hydrogen) atoms. The van der Waals surface area contributed by atoms with Crippen LogP contribution in [0, 0.1) is 11.3 Å². The molecule has 1 aliphatic carbocycles. The molecule has 4 N–H and O–H groups in total. The molecule has 1 amide bonds. The van der Waals surface area contributed by atoms with Crippen molar-refractivity contribution in [2.75, 3.05) is 6.61 Å². The summed E-state index contributed by atoms with van der Waals surface area (Å²) >= 11 is 0. The Morgan fingerprint density at radius 3 is 2.62 bits per heavy atom. The lowest BCUT2D eigenvalue weighted by atomic mass is 9.71. The first-order chi connectivity index (χ1) is 7.30. The SMILES string of the molecule is CC1CC(OCC(N)C(N)=O)CC(C)(C)C1. The summed E-state index contributed by atoms with van der Waals surface area (Å²) < 4.78 is 5.69. The highest BCUT2D eigenvalue weighted by atomic mass is 16.5. The van der Waals surface area contributed by atoms with Crippen molar-refractivity contribution in [3.05, 3.63) is 0 Å². The monoisotopic (exact) mass is 228 g/mol. The van der Waals surface area contributed by atoms with Gasteiger partial charge in [-0.15, -0.1) is 0 Å². The molecular formula is C12H24N2O2. The summed E-state index contributed by atoms with van der Waals surface area (Å²) in [6.45, 7) is 6.99. The van der Waals surface area contributed by atoms with E-state index in [0.717, 1.165) is 12.8 Å². The molecule has 0 aromatic rings. The maximum atomic E-state index is 10.8. The van der Waals surface area contributed by atoms with Crippen molar-refractivity contribution in [2.45, 2.75) is 52.2 Å². The van der Waals surface area contributed by atoms with Gasteiger partial charge < -0.3 is 16.2 Å². The molecule has 1 rings (SSSR count). The first-order valence-corrected chi connectivity index (χ1v) is 5.96. The second kappa shape index (κ2) is 5.15. The number of primary amides is 1. The number of rotatable bonds is 4. The van der Waals surface area contributed by atoms with Crippen LogP contribution in [0.3, 0.4) is 0 Å². The lowest BCUT2D eigenvalue weighted by Gasteiger charge is -2.39. The fraction of sp³-hybridized carbons (Fsp3) is 0.917. The van der Waals surface area contributed by atoms with E-state index in [-0.39, 0.29) is 12.7 Å². The Labute approximate surface area is 97.7 Å². The zero-order valence-electron chi connectivity index (χ0n) is 10.5. The molecule has 0 spiro atoms. The Morgan fingerprint density at radius 1 is 1.50 bits per heavy atom. The van der Waals surface area contributed by atoms with Crippen LogP contribution in [-0.4, -0.2) is 24.7 Å². The van der Waals surface area contributed by atoms with Crippen molar-refractivity contribution in [1.82, 2.24) is 0 Å². The largest absolute Gasteiger partial charge is 0.376 e. The molecule has 0 heterocycles. The highest BCUT2D eigenvalue weighted by Gasteiger charge is 2.32. The maximum Gasteiger partial charge on any atom is 0.236 e. The summed E-state index contributed by atoms with van der Waals surface area (Å²) in [4.78, 5) is 10.8. The molecule has 4 nitrogen and oxygen atoms in total. The van der Waals surface area contributed by atoms with Gasteiger partial charge in [0.2, 0.25) is 5.91 Å². The molecule has 94 valence electrons. The second-order valence-electron chi connectivity index (χ2n) is 5.88. The molecule has 0 aliphatic heterocycles. The van der Waals surface area contributed by atoms with Crippen LogP contribution < -0.4 is 11.5 Å². The minimum absolute atomic E-state index is 0.212. The van der Waals surface area contributed by atoms with E-state index in [2.05, 4.69) is 20.8 Å². The highest BCUT2D eigenvalue weighted by molar-refractivity contribution is 5.79. The van der Waals surface area contributed by atoms with Gasteiger partial charge in [-0.1, -0.05) is 20.8 Å². The third-order valence-electron chi connectivity index (χ3n) is 3.22. The van der Waals surface area contributed by atoms with Gasteiger partial charge in [0.1, 0.15) is 6.04 Å². The summed E-state index contributed by atoms with van der Waals surface area (Å²) in [5.41, 5.74) is 10.9. The summed E-state index contributed by atoms with van der Waals surface area (Å²) in [5.74, 6) is 0.168. The Morgan fingerprint density at radius 2 is 2.12 bits per heavy atom. The summed E-state index contributed by atoms with van der Waals surface area (Å²) in [6, 6.07) is -0.680. The Hall–Kier alpha value is -0.610. The van der Waals surface area contributed by atoms with Crippen LogP contribution in [0.4, 0.5) is 0 Å². The minimum atomic E-state index is -0.680. The number of carbonyl (C=O) groups excluding carboxylic acids is 1. The molecule has 0 bridgehead atoms. The molecule has 0 aromatic carbocycles. The molecule has 0 radical (unpaired) electrons. The average molecular weight is 228 g/mol. The first-order valence-electron chi connectivity index (χ1n) is 5.96. The zero-order chi connectivity index (χ0) is 12.3. The van der Waals surface area contributed by atoms with Crippen LogP contribution >= 0.6 is 0 Å². The number of hydrogen-bond donors (Lipinski definition) is 2. The topological polar surface area (TPSA) is 78.3 Å². The van der Waals surface area contributed by atoms with Crippen molar-refractivity contribution < 1.29 is 9.53 Å². The third kappa shape index (κ3) is 4.10. The number of ether oxygens (including phenoxy) is 1. The normalized spacial score (nSPS) is 31.0. The fourth-order valence-electron chi connectivity index (χ4n) is 2.71. The number of carbonyl (C=O) groups is 1. The number of hydrogen-bond acceptors (Lipinski definition) is 3. The van der Waals surface area contributed by atoms with Crippen molar-refractivity contribution in [2.24, 2.45) is 22.8 Å². The molecule has 0 saturated heterocycles. The van der Waals surface area contributed by atoms with E-state index >= 15 is 0 Å². The van der Waals surface area contributed by atoms with Crippen molar-refractivity contribution in [3.63, 3.8) is 0 Å². The van der Waals surface area contributed by atoms with Gasteiger partial charge in [0.25, 0.3) is 0 Å². The molecule has 4 heteroatoms. The maximum absolute atomic E-state index is 10.8. The van der Waals surface area contributed by atoms with Crippen molar-refractivity contribution in [3.8, 4) is 0 Å². The van der Waals surface area contributed by atoms with Gasteiger partial charge in [-0.2, -0.15) is 0 Å². The van der Waals surface area contributed by atoms with Gasteiger partial charge >= 0.3 is 0 Å². The van der Waals surface area contributed by atoms with E-state index in [1.807, 2.05) is 0 Å². The molecule has 1 fully saturated rings. The quantitative estimate of drug-likeness (QED) is 0.754. The Kier molecular flexibility index (Phi) is 4.33. The molecule has 3 unspecified atom stereocenters. The standard InChI is InChI=1S/C12H24N2O2/c1-8-4-9(6-12(2,3)5-8)16-7-10(13)11(14)15/h8-10H,4-7,13H2,1-3H3,(H2,14,15). The van der Waals surface area contributed by atoms with E-state index in [9.17, 15) is 4.79 Å². The van der Waals surface area contributed by atoms with Gasteiger partial charge in [-0.05, 0) is 30.6 Å². The molecule has 1 saturated carbocycles. The average Bonchev–Trinajstić information content (AvgIpc) is 2.10. The van der Waals surface area contributed by atoms with E-state index in [1.165, 1.54) is 6.42 Å². The molecular weight excluding hydrogens is 204 g/mol. The van der Waals surface area contributed by atoms with Crippen LogP contribution in [-0.2, 0) is 9.53 Å². The predicted octanol–water partition coefficient (Wildman–Crippen LogP) is 1.03. The summed E-state index contributed by atoms with van der Waals surface area (Å²) in [7, 11) is 0. The Bertz CT molecular complexity index is 253. The van der Waals surface area contributed by atoms with Crippen LogP contribution in [0.1, 0.15) is 40.0 Å². The number of nitrogens with two attached hydrogens (primary N) is 2. The zero-order valence-corrected chi connectivity index (χ0v) is 10.5. The van der Waals surface area contributed by atoms with Crippen LogP contribution in [0.15, 0.2) is 0 Å². The molecule has 3 atom stereocenters. The van der Waals surface area contributed by atoms with Gasteiger partial charge in [-0.25, -0.2) is 0 Å². The Balaban J connectivity index is 2.40. The molecule has 0 aromatic heterocycles. The van der Waals surface area contributed by atoms with Gasteiger partial charge in [0.15, 0.2) is 0 Å². The smallest absolute Gasteiger partial charge is 0.236 e. The van der Waals surface area contributed by atoms with Crippen molar-refractivity contribution in [1.29, 1.82) is 0 Å². The fourth-order valence-corrected chi connectivity index (χ4v) is 2.71. The van der Waals surface area contributed by atoms with Crippen molar-refractivity contribution >= 4 is 5.91 Å². The first kappa shape index (κ1) is 13.5. The van der Waals surface area contributed by atoms with Gasteiger partial charge in [-0.3, -0.25) is 4.79 Å². The highest BCUT2D eigenvalue weighted by Crippen LogP contribution is 2.39. The number of amides is 1. The summed E-state index contributed by atoms with van der Waals surface area (Å²) in [5, 5.41) is 0.